The highest BCUT2D eigenvalue weighted by atomic mass is 16.3. The molecule has 0 aliphatic heterocycles. The third kappa shape index (κ3) is 3.24. The molecule has 0 saturated heterocycles. The second-order valence-corrected chi connectivity index (χ2v) is 1.93. The van der Waals surface area contributed by atoms with Crippen molar-refractivity contribution < 1.29 is 9.90 Å². The van der Waals surface area contributed by atoms with E-state index in [2.05, 4.69) is 5.18 Å². The number of rotatable bonds is 1. The van der Waals surface area contributed by atoms with E-state index in [4.69, 9.17) is 9.90 Å². The minimum atomic E-state index is -0.528. The number of hydrogen-bond donors (Lipinski definition) is 1. The van der Waals surface area contributed by atoms with Gasteiger partial charge in [0.1, 0.15) is 12.5 Å². The number of nitrogens with zero attached hydrogens (tertiary/aromatic N) is 1. The molecule has 1 aromatic rings. The normalized spacial score (nSPS) is 8.00. The zero-order valence-corrected chi connectivity index (χ0v) is 6.64. The summed E-state index contributed by atoms with van der Waals surface area (Å²) in [4.78, 5) is 28.6. The van der Waals surface area contributed by atoms with Gasteiger partial charge in [0, 0.05) is 0 Å². The van der Waals surface area contributed by atoms with E-state index in [9.17, 15) is 9.70 Å². The molecule has 5 nitrogen and oxygen atoms in total. The van der Waals surface area contributed by atoms with Gasteiger partial charge in [-0.05, 0) is 29.4 Å². The monoisotopic (exact) mass is 181 g/mol. The van der Waals surface area contributed by atoms with E-state index in [-0.39, 0.29) is 11.4 Å². The van der Waals surface area contributed by atoms with Crippen LogP contribution in [0.1, 0.15) is 0 Å². The van der Waals surface area contributed by atoms with Crippen LogP contribution in [0, 0.1) is 4.91 Å². The van der Waals surface area contributed by atoms with Gasteiger partial charge in [0.2, 0.25) is 5.43 Å². The van der Waals surface area contributed by atoms with E-state index in [1.54, 1.807) is 0 Å². The van der Waals surface area contributed by atoms with Crippen molar-refractivity contribution >= 4 is 12.5 Å². The van der Waals surface area contributed by atoms with Gasteiger partial charge >= 0.3 is 0 Å². The summed E-state index contributed by atoms with van der Waals surface area (Å²) in [6.07, 6.45) is 0. The molecule has 0 aliphatic carbocycles. The molecule has 68 valence electrons. The fourth-order valence-corrected chi connectivity index (χ4v) is 0.609. The van der Waals surface area contributed by atoms with Crippen LogP contribution in [0.3, 0.4) is 0 Å². The first-order valence-electron chi connectivity index (χ1n) is 3.19. The van der Waals surface area contributed by atoms with Gasteiger partial charge in [-0.2, -0.15) is 0 Å². The average molecular weight is 181 g/mol. The first-order chi connectivity index (χ1) is 6.24. The van der Waals surface area contributed by atoms with Gasteiger partial charge in [-0.1, -0.05) is 0 Å². The molecule has 5 heteroatoms. The summed E-state index contributed by atoms with van der Waals surface area (Å²) in [5, 5.41) is 11.4. The van der Waals surface area contributed by atoms with Crippen LogP contribution >= 0.6 is 0 Å². The second-order valence-electron chi connectivity index (χ2n) is 1.93. The summed E-state index contributed by atoms with van der Waals surface area (Å²) in [5.74, 6) is -0.389. The lowest BCUT2D eigenvalue weighted by Crippen LogP contribution is -1.90. The van der Waals surface area contributed by atoms with E-state index < -0.39 is 5.43 Å². The molecule has 0 spiro atoms. The quantitative estimate of drug-likeness (QED) is 0.654. The minimum Gasteiger partial charge on any atom is -0.504 e. The maximum absolute atomic E-state index is 10.7. The van der Waals surface area contributed by atoms with Gasteiger partial charge in [-0.15, -0.1) is 4.91 Å². The maximum atomic E-state index is 10.7. The molecular formula is C8H7NO4. The molecule has 13 heavy (non-hydrogen) atoms. The largest absolute Gasteiger partial charge is 0.504 e. The molecule has 0 aromatic heterocycles. The van der Waals surface area contributed by atoms with E-state index in [1.807, 2.05) is 6.79 Å². The Morgan fingerprint density at radius 1 is 1.15 bits per heavy atom. The first-order valence-corrected chi connectivity index (χ1v) is 3.19. The van der Waals surface area contributed by atoms with Crippen LogP contribution in [-0.4, -0.2) is 11.9 Å². The Balaban J connectivity index is 0.000000671. The Morgan fingerprint density at radius 3 is 2.23 bits per heavy atom. The smallest absolute Gasteiger partial charge is 0.220 e. The summed E-state index contributed by atoms with van der Waals surface area (Å²) < 4.78 is 0. The van der Waals surface area contributed by atoms with Gasteiger partial charge in [-0.25, -0.2) is 0 Å². The predicted molar refractivity (Wildman–Crippen MR) is 47.0 cm³/mol. The lowest BCUT2D eigenvalue weighted by atomic mass is 10.4. The fraction of sp³-hybridized carbons (Fsp3) is 0. The SMILES string of the molecule is C=O.O=Nc1ccc(O)c(=O)cc1. The molecule has 0 aliphatic rings. The molecule has 0 atom stereocenters. The van der Waals surface area contributed by atoms with Crippen LogP contribution < -0.4 is 5.43 Å². The van der Waals surface area contributed by atoms with Crippen LogP contribution in [0.2, 0.25) is 0 Å². The Kier molecular flexibility index (Phi) is 4.71. The van der Waals surface area contributed by atoms with Crippen LogP contribution in [0.4, 0.5) is 5.69 Å². The summed E-state index contributed by atoms with van der Waals surface area (Å²) in [5.41, 5.74) is -0.415. The Hall–Kier alpha value is -2.04. The van der Waals surface area contributed by atoms with Gasteiger partial charge in [0.25, 0.3) is 0 Å². The predicted octanol–water partition coefficient (Wildman–Crippen LogP) is 0.965. The van der Waals surface area contributed by atoms with Crippen LogP contribution in [-0.2, 0) is 4.79 Å². The fourth-order valence-electron chi connectivity index (χ4n) is 0.609. The van der Waals surface area contributed by atoms with Gasteiger partial charge in [0.15, 0.2) is 5.75 Å². The maximum Gasteiger partial charge on any atom is 0.220 e. The number of carbonyl (C=O) groups is 1. The molecule has 0 fully saturated rings. The molecule has 0 radical (unpaired) electrons. The highest BCUT2D eigenvalue weighted by Crippen LogP contribution is 2.09. The van der Waals surface area contributed by atoms with Crippen LogP contribution in [0.15, 0.2) is 34.2 Å². The summed E-state index contributed by atoms with van der Waals surface area (Å²) in [7, 11) is 0. The lowest BCUT2D eigenvalue weighted by Gasteiger charge is -1.75. The van der Waals surface area contributed by atoms with Crippen molar-refractivity contribution in [2.24, 2.45) is 5.18 Å². The van der Waals surface area contributed by atoms with E-state index in [0.29, 0.717) is 0 Å². The molecule has 0 unspecified atom stereocenters. The molecule has 0 amide bonds. The van der Waals surface area contributed by atoms with E-state index in [1.165, 1.54) is 12.1 Å². The second kappa shape index (κ2) is 5.59. The van der Waals surface area contributed by atoms with Gasteiger partial charge < -0.3 is 9.90 Å². The summed E-state index contributed by atoms with van der Waals surface area (Å²) >= 11 is 0. The van der Waals surface area contributed by atoms with E-state index >= 15 is 0 Å². The number of hydrogen-bond acceptors (Lipinski definition) is 5. The Bertz CT molecular complexity index is 350. The summed E-state index contributed by atoms with van der Waals surface area (Å²) in [6.45, 7) is 2.00. The molecule has 0 bridgehead atoms. The summed E-state index contributed by atoms with van der Waals surface area (Å²) in [6, 6.07) is 4.74. The molecular weight excluding hydrogens is 174 g/mol. The van der Waals surface area contributed by atoms with E-state index in [0.717, 1.165) is 12.1 Å². The highest BCUT2D eigenvalue weighted by molar-refractivity contribution is 5.37. The molecule has 1 rings (SSSR count). The molecule has 0 saturated carbocycles. The third-order valence-corrected chi connectivity index (χ3v) is 1.18. The molecule has 1 aromatic carbocycles. The average Bonchev–Trinajstić information content (AvgIpc) is 2.34. The van der Waals surface area contributed by atoms with Crippen molar-refractivity contribution in [2.45, 2.75) is 0 Å². The molecule has 1 N–H and O–H groups in total. The van der Waals surface area contributed by atoms with Crippen LogP contribution in [0.25, 0.3) is 0 Å². The van der Waals surface area contributed by atoms with Gasteiger partial charge in [0.05, 0.1) is 0 Å². The minimum absolute atomic E-state index is 0.113. The standard InChI is InChI=1S/C7H5NO3.CH2O/c9-6-3-1-5(8-11)2-4-7(6)10;1-2/h1-4H,(H,9,10);1H2. The third-order valence-electron chi connectivity index (χ3n) is 1.18. The Labute approximate surface area is 73.6 Å². The number of carbonyl (C=O) groups excluding carboxylic acids is 1. The number of aromatic hydroxyl groups is 1. The Morgan fingerprint density at radius 2 is 1.69 bits per heavy atom. The lowest BCUT2D eigenvalue weighted by molar-refractivity contribution is -0.0979. The van der Waals surface area contributed by atoms with Gasteiger partial charge in [-0.3, -0.25) is 4.79 Å². The van der Waals surface area contributed by atoms with Crippen molar-refractivity contribution in [2.75, 3.05) is 0 Å². The van der Waals surface area contributed by atoms with Crippen molar-refractivity contribution in [3.05, 3.63) is 39.4 Å². The topological polar surface area (TPSA) is 83.8 Å². The first kappa shape index (κ1) is 11.0. The molecule has 0 heterocycles. The van der Waals surface area contributed by atoms with Crippen molar-refractivity contribution in [3.8, 4) is 5.75 Å². The number of nitroso groups, excluding NO2 is 1. The van der Waals surface area contributed by atoms with Crippen LogP contribution in [0.5, 0.6) is 5.75 Å². The van der Waals surface area contributed by atoms with Crippen molar-refractivity contribution in [3.63, 3.8) is 0 Å². The highest BCUT2D eigenvalue weighted by Gasteiger charge is 1.92. The zero-order chi connectivity index (χ0) is 10.3. The zero-order valence-electron chi connectivity index (χ0n) is 6.64. The van der Waals surface area contributed by atoms with Crippen molar-refractivity contribution in [1.82, 2.24) is 0 Å². The van der Waals surface area contributed by atoms with Crippen molar-refractivity contribution in [1.29, 1.82) is 0 Å².